The summed E-state index contributed by atoms with van der Waals surface area (Å²) in [7, 11) is 0. The van der Waals surface area contributed by atoms with Crippen molar-refractivity contribution in [2.75, 3.05) is 18.4 Å². The summed E-state index contributed by atoms with van der Waals surface area (Å²) in [6, 6.07) is 20.0. The number of anilines is 1. The van der Waals surface area contributed by atoms with Gasteiger partial charge in [0.1, 0.15) is 0 Å². The molecule has 33 heavy (non-hydrogen) atoms. The van der Waals surface area contributed by atoms with Gasteiger partial charge in [-0.2, -0.15) is 0 Å². The second-order valence-corrected chi connectivity index (χ2v) is 8.55. The lowest BCUT2D eigenvalue weighted by molar-refractivity contribution is 0.102. The van der Waals surface area contributed by atoms with E-state index in [4.69, 9.17) is 0 Å². The number of nitrogens with zero attached hydrogens (tertiary/aromatic N) is 2. The Bertz CT molecular complexity index is 976. The maximum Gasteiger partial charge on any atom is 0.255 e. The van der Waals surface area contributed by atoms with Gasteiger partial charge in [0.05, 0.1) is 5.69 Å². The van der Waals surface area contributed by atoms with Crippen molar-refractivity contribution in [3.63, 3.8) is 0 Å². The van der Waals surface area contributed by atoms with Gasteiger partial charge in [0.15, 0.2) is 0 Å². The van der Waals surface area contributed by atoms with E-state index in [1.807, 2.05) is 55.6 Å². The van der Waals surface area contributed by atoms with E-state index in [9.17, 15) is 4.79 Å². The summed E-state index contributed by atoms with van der Waals surface area (Å²) in [5.74, 6) is -0.0929. The average molecular weight is 445 g/mol. The Labute approximate surface area is 198 Å². The SMILES string of the molecule is CCCN(CCC)Cc1ccc(NC(=O)c2ccc(CNCc3ccc(C)cn3)cc2)cc1. The van der Waals surface area contributed by atoms with Crippen molar-refractivity contribution >= 4 is 11.6 Å². The van der Waals surface area contributed by atoms with E-state index in [0.717, 1.165) is 61.5 Å². The summed E-state index contributed by atoms with van der Waals surface area (Å²) in [6.07, 6.45) is 4.20. The topological polar surface area (TPSA) is 57.3 Å². The predicted octanol–water partition coefficient (Wildman–Crippen LogP) is 5.55. The number of amides is 1. The van der Waals surface area contributed by atoms with Gasteiger partial charge in [-0.1, -0.05) is 44.2 Å². The molecule has 3 rings (SSSR count). The number of hydrogen-bond acceptors (Lipinski definition) is 4. The molecule has 1 amide bonds. The van der Waals surface area contributed by atoms with Gasteiger partial charge in [-0.25, -0.2) is 0 Å². The van der Waals surface area contributed by atoms with E-state index >= 15 is 0 Å². The largest absolute Gasteiger partial charge is 0.322 e. The lowest BCUT2D eigenvalue weighted by Gasteiger charge is -2.21. The normalized spacial score (nSPS) is 11.0. The molecule has 0 unspecified atom stereocenters. The van der Waals surface area contributed by atoms with Crippen LogP contribution in [0.15, 0.2) is 66.9 Å². The highest BCUT2D eigenvalue weighted by Crippen LogP contribution is 2.14. The molecule has 5 heteroatoms. The number of aromatic nitrogens is 1. The molecule has 0 saturated carbocycles. The molecule has 1 aromatic heterocycles. The van der Waals surface area contributed by atoms with E-state index in [1.165, 1.54) is 5.56 Å². The van der Waals surface area contributed by atoms with E-state index < -0.39 is 0 Å². The Balaban J connectivity index is 1.48. The number of hydrogen-bond donors (Lipinski definition) is 2. The molecule has 5 nitrogen and oxygen atoms in total. The molecule has 0 aliphatic heterocycles. The van der Waals surface area contributed by atoms with Crippen molar-refractivity contribution in [2.24, 2.45) is 0 Å². The second-order valence-electron chi connectivity index (χ2n) is 8.55. The van der Waals surface area contributed by atoms with Gasteiger partial charge in [-0.05, 0) is 79.9 Å². The Morgan fingerprint density at radius 1 is 0.848 bits per heavy atom. The smallest absolute Gasteiger partial charge is 0.255 e. The van der Waals surface area contributed by atoms with Crippen molar-refractivity contribution in [3.05, 3.63) is 94.8 Å². The first-order valence-electron chi connectivity index (χ1n) is 11.9. The molecule has 0 radical (unpaired) electrons. The molecule has 2 N–H and O–H groups in total. The maximum atomic E-state index is 12.6. The molecule has 1 heterocycles. The average Bonchev–Trinajstić information content (AvgIpc) is 2.82. The van der Waals surface area contributed by atoms with Gasteiger partial charge < -0.3 is 10.6 Å². The fraction of sp³-hybridized carbons (Fsp3) is 0.357. The minimum atomic E-state index is -0.0929. The zero-order valence-electron chi connectivity index (χ0n) is 20.1. The zero-order valence-corrected chi connectivity index (χ0v) is 20.1. The summed E-state index contributed by atoms with van der Waals surface area (Å²) in [5.41, 5.74) is 6.05. The minimum Gasteiger partial charge on any atom is -0.322 e. The van der Waals surface area contributed by atoms with E-state index in [-0.39, 0.29) is 5.91 Å². The van der Waals surface area contributed by atoms with Gasteiger partial charge >= 0.3 is 0 Å². The molecule has 3 aromatic rings. The van der Waals surface area contributed by atoms with Crippen LogP contribution in [0, 0.1) is 6.92 Å². The van der Waals surface area contributed by atoms with Crippen LogP contribution in [0.25, 0.3) is 0 Å². The highest BCUT2D eigenvalue weighted by atomic mass is 16.1. The first-order chi connectivity index (χ1) is 16.1. The van der Waals surface area contributed by atoms with Crippen LogP contribution in [-0.4, -0.2) is 28.9 Å². The number of pyridine rings is 1. The van der Waals surface area contributed by atoms with Crippen LogP contribution >= 0.6 is 0 Å². The van der Waals surface area contributed by atoms with Crippen LogP contribution in [0.5, 0.6) is 0 Å². The van der Waals surface area contributed by atoms with E-state index in [0.29, 0.717) is 12.1 Å². The number of benzene rings is 2. The van der Waals surface area contributed by atoms with Crippen molar-refractivity contribution < 1.29 is 4.79 Å². The van der Waals surface area contributed by atoms with Crippen LogP contribution in [0.4, 0.5) is 5.69 Å². The molecule has 0 atom stereocenters. The fourth-order valence-corrected chi connectivity index (χ4v) is 3.77. The molecule has 0 bridgehead atoms. The minimum absolute atomic E-state index is 0.0929. The summed E-state index contributed by atoms with van der Waals surface area (Å²) in [4.78, 5) is 19.5. The predicted molar refractivity (Wildman–Crippen MR) is 136 cm³/mol. The number of carbonyl (C=O) groups is 1. The zero-order chi connectivity index (χ0) is 23.5. The molecule has 0 aliphatic rings. The monoisotopic (exact) mass is 444 g/mol. The summed E-state index contributed by atoms with van der Waals surface area (Å²) >= 11 is 0. The molecule has 2 aromatic carbocycles. The Morgan fingerprint density at radius 3 is 2.12 bits per heavy atom. The molecule has 0 saturated heterocycles. The quantitative estimate of drug-likeness (QED) is 0.384. The first kappa shape index (κ1) is 24.6. The highest BCUT2D eigenvalue weighted by molar-refractivity contribution is 6.04. The molecular formula is C28H36N4O. The summed E-state index contributed by atoms with van der Waals surface area (Å²) < 4.78 is 0. The van der Waals surface area contributed by atoms with Gasteiger partial charge in [-0.15, -0.1) is 0 Å². The van der Waals surface area contributed by atoms with Gasteiger partial charge in [0.25, 0.3) is 5.91 Å². The number of aryl methyl sites for hydroxylation is 1. The van der Waals surface area contributed by atoms with E-state index in [1.54, 1.807) is 0 Å². The Morgan fingerprint density at radius 2 is 1.52 bits per heavy atom. The summed E-state index contributed by atoms with van der Waals surface area (Å²) in [6.45, 7) is 11.1. The van der Waals surface area contributed by atoms with E-state index in [2.05, 4.69) is 52.6 Å². The fourth-order valence-electron chi connectivity index (χ4n) is 3.77. The number of nitrogens with one attached hydrogen (secondary N) is 2. The Hall–Kier alpha value is -3.02. The van der Waals surface area contributed by atoms with Gasteiger partial charge in [0, 0.05) is 37.1 Å². The number of rotatable bonds is 12. The standard InChI is InChI=1S/C28H36N4O/c1-4-16-32(17-5-2)21-24-9-14-26(15-10-24)31-28(33)25-11-7-23(8-12-25)19-29-20-27-13-6-22(3)18-30-27/h6-15,18,29H,4-5,16-17,19-21H2,1-3H3,(H,31,33). The molecule has 0 fully saturated rings. The second kappa shape index (κ2) is 12.9. The molecular weight excluding hydrogens is 408 g/mol. The van der Waals surface area contributed by atoms with Crippen LogP contribution < -0.4 is 10.6 Å². The lowest BCUT2D eigenvalue weighted by Crippen LogP contribution is -2.24. The van der Waals surface area contributed by atoms with Crippen LogP contribution in [0.2, 0.25) is 0 Å². The third kappa shape index (κ3) is 8.12. The maximum absolute atomic E-state index is 12.6. The van der Waals surface area contributed by atoms with Crippen molar-refractivity contribution in [3.8, 4) is 0 Å². The molecule has 0 spiro atoms. The highest BCUT2D eigenvalue weighted by Gasteiger charge is 2.08. The van der Waals surface area contributed by atoms with Crippen molar-refractivity contribution in [1.29, 1.82) is 0 Å². The molecule has 0 aliphatic carbocycles. The lowest BCUT2D eigenvalue weighted by atomic mass is 10.1. The number of carbonyl (C=O) groups excluding carboxylic acids is 1. The summed E-state index contributed by atoms with van der Waals surface area (Å²) in [5, 5.41) is 6.40. The van der Waals surface area contributed by atoms with Crippen LogP contribution in [-0.2, 0) is 19.6 Å². The van der Waals surface area contributed by atoms with Crippen molar-refractivity contribution in [1.82, 2.24) is 15.2 Å². The third-order valence-corrected chi connectivity index (χ3v) is 5.52. The molecule has 174 valence electrons. The van der Waals surface area contributed by atoms with Crippen LogP contribution in [0.3, 0.4) is 0 Å². The van der Waals surface area contributed by atoms with Crippen molar-refractivity contribution in [2.45, 2.75) is 53.2 Å². The first-order valence-corrected chi connectivity index (χ1v) is 11.9. The van der Waals surface area contributed by atoms with Crippen LogP contribution in [0.1, 0.15) is 59.4 Å². The third-order valence-electron chi connectivity index (χ3n) is 5.52. The Kier molecular flexibility index (Phi) is 9.60. The van der Waals surface area contributed by atoms with Gasteiger partial charge in [0.2, 0.25) is 0 Å². The van der Waals surface area contributed by atoms with Gasteiger partial charge in [-0.3, -0.25) is 14.7 Å².